The molecular formula is C68H65Cl2SiZr-3. The number of halogens is 2. The molecule has 4 heteroatoms. The van der Waals surface area contributed by atoms with Crippen molar-refractivity contribution >= 4 is 58.5 Å². The number of hydrogen-bond acceptors (Lipinski definition) is 0. The summed E-state index contributed by atoms with van der Waals surface area (Å²) < 4.78 is 0. The molecule has 0 saturated carbocycles. The fourth-order valence-corrected chi connectivity index (χ4v) is 11.6. The van der Waals surface area contributed by atoms with Crippen LogP contribution in [-0.2, 0) is 46.5 Å². The molecule has 0 saturated heterocycles. The van der Waals surface area contributed by atoms with Crippen LogP contribution in [-0.4, -0.2) is 9.52 Å². The van der Waals surface area contributed by atoms with E-state index in [4.69, 9.17) is 17.0 Å². The molecule has 1 aliphatic rings. The molecule has 0 N–H and O–H groups in total. The van der Waals surface area contributed by atoms with Crippen LogP contribution < -0.4 is 10.4 Å². The smallest absolute Gasteiger partial charge is 0.0920 e. The summed E-state index contributed by atoms with van der Waals surface area (Å²) in [7, 11) is 10.7. The van der Waals surface area contributed by atoms with Crippen LogP contribution in [0.3, 0.4) is 0 Å². The second-order valence-electron chi connectivity index (χ2n) is 18.7. The molecule has 72 heavy (non-hydrogen) atoms. The largest absolute Gasteiger partial charge is 0.184 e. The summed E-state index contributed by atoms with van der Waals surface area (Å²) in [6, 6.07) is 76.6. The van der Waals surface area contributed by atoms with Crippen molar-refractivity contribution in [1.82, 2.24) is 0 Å². The van der Waals surface area contributed by atoms with Gasteiger partial charge in [-0.3, -0.25) is 0 Å². The Kier molecular flexibility index (Phi) is 19.9. The summed E-state index contributed by atoms with van der Waals surface area (Å²) in [6.07, 6.45) is 11.9. The van der Waals surface area contributed by atoms with E-state index in [0.29, 0.717) is 0 Å². The minimum absolute atomic E-state index is 0.795. The van der Waals surface area contributed by atoms with Gasteiger partial charge in [-0.15, -0.1) is 74.6 Å². The van der Waals surface area contributed by atoms with Gasteiger partial charge in [0.05, 0.1) is 9.52 Å². The second kappa shape index (κ2) is 27.1. The molecule has 0 aromatic heterocycles. The van der Waals surface area contributed by atoms with E-state index in [1.54, 1.807) is 0 Å². The van der Waals surface area contributed by atoms with E-state index < -0.39 is 20.8 Å². The third kappa shape index (κ3) is 12.9. The summed E-state index contributed by atoms with van der Waals surface area (Å²) in [5.74, 6) is 0. The van der Waals surface area contributed by atoms with Gasteiger partial charge in [0.25, 0.3) is 0 Å². The van der Waals surface area contributed by atoms with Gasteiger partial charge < -0.3 is 0 Å². The molecule has 2 radical (unpaired) electrons. The van der Waals surface area contributed by atoms with Crippen molar-refractivity contribution in [2.45, 2.75) is 91.9 Å². The molecule has 10 aromatic rings. The van der Waals surface area contributed by atoms with Gasteiger partial charge in [0.1, 0.15) is 0 Å². The first-order chi connectivity index (χ1) is 35.5. The minimum atomic E-state index is -0.826. The van der Waals surface area contributed by atoms with Crippen molar-refractivity contribution in [2.75, 3.05) is 0 Å². The van der Waals surface area contributed by atoms with Crippen LogP contribution in [0, 0.1) is 6.07 Å². The molecule has 11 rings (SSSR count). The molecule has 1 aliphatic heterocycles. The summed E-state index contributed by atoms with van der Waals surface area (Å²) in [5, 5.41) is 8.41. The Morgan fingerprint density at radius 2 is 0.847 bits per heavy atom. The second-order valence-corrected chi connectivity index (χ2v) is 23.7. The number of rotatable bonds is 14. The topological polar surface area (TPSA) is 0 Å². The van der Waals surface area contributed by atoms with Crippen molar-refractivity contribution in [3.05, 3.63) is 229 Å². The molecule has 0 spiro atoms. The fraction of sp³-hybridized carbons (Fsp3) is 0.206. The van der Waals surface area contributed by atoms with Crippen molar-refractivity contribution in [3.8, 4) is 55.6 Å². The predicted molar refractivity (Wildman–Crippen MR) is 313 cm³/mol. The fourth-order valence-electron chi connectivity index (χ4n) is 10.3. The van der Waals surface area contributed by atoms with Gasteiger partial charge in [-0.05, 0) is 59.1 Å². The molecule has 0 unspecified atom stereocenters. The number of benzene rings is 8. The first-order valence-corrected chi connectivity index (χ1v) is 33.4. The van der Waals surface area contributed by atoms with Crippen LogP contribution >= 0.6 is 17.0 Å². The molecule has 0 atom stereocenters. The first-order valence-electron chi connectivity index (χ1n) is 26.0. The van der Waals surface area contributed by atoms with E-state index >= 15 is 0 Å². The third-order valence-electron chi connectivity index (χ3n) is 13.6. The van der Waals surface area contributed by atoms with Crippen molar-refractivity contribution in [1.29, 1.82) is 0 Å². The van der Waals surface area contributed by atoms with Crippen LogP contribution in [0.2, 0.25) is 0 Å². The molecule has 0 bridgehead atoms. The summed E-state index contributed by atoms with van der Waals surface area (Å²) >= 11 is -0.826. The zero-order chi connectivity index (χ0) is 50.1. The number of fused-ring (bicyclic) bond motifs is 5. The molecule has 362 valence electrons. The SMILES string of the molecule is CCCCc1cc2c(-c3ccccc3-c3ccccc3)c(CCC)ccc2[cH-]1.CCCCc1cc2c(-c3ccccc3-c3ccccc3)c(CCC)ccc2[cH-]1.[Cl][Zr][Cl].[c-]1cccc2c1[Si]c1ccccc1-2. The molecule has 1 heterocycles. The van der Waals surface area contributed by atoms with Crippen molar-refractivity contribution in [3.63, 3.8) is 0 Å². The molecule has 0 amide bonds. The Labute approximate surface area is 451 Å². The van der Waals surface area contributed by atoms with Crippen molar-refractivity contribution < 1.29 is 20.8 Å². The van der Waals surface area contributed by atoms with E-state index in [0.717, 1.165) is 35.2 Å². The Morgan fingerprint density at radius 1 is 0.431 bits per heavy atom. The summed E-state index contributed by atoms with van der Waals surface area (Å²) in [4.78, 5) is 0. The van der Waals surface area contributed by atoms with E-state index in [1.807, 2.05) is 6.07 Å². The standard InChI is InChI=1S/2C28H29.C12H7Si.2ClH.Zr/c2*1-3-5-12-21-19-24-18-17-23(11-4-2)28(27(24)20-21)26-16-10-9-15-25(26)22-13-7-6-8-14-22;1-3-7-11-9(5-1)10-6-2-4-8-12(10)13-11;;;/h2*6-10,13-20H,3-5,11-12H2,1-2H3;1-7H;2*1H;/q3*-1;;;+2/p-2. The molecule has 10 aromatic carbocycles. The van der Waals surface area contributed by atoms with Crippen LogP contribution in [0.15, 0.2) is 200 Å². The van der Waals surface area contributed by atoms with Crippen LogP contribution in [0.4, 0.5) is 0 Å². The molecule has 0 aliphatic carbocycles. The van der Waals surface area contributed by atoms with Gasteiger partial charge in [0.15, 0.2) is 0 Å². The normalized spacial score (nSPS) is 11.1. The van der Waals surface area contributed by atoms with Crippen LogP contribution in [0.25, 0.3) is 77.2 Å². The van der Waals surface area contributed by atoms with E-state index in [-0.39, 0.29) is 0 Å². The van der Waals surface area contributed by atoms with Crippen LogP contribution in [0.5, 0.6) is 0 Å². The Balaban J connectivity index is 0.000000149. The van der Waals surface area contributed by atoms with Gasteiger partial charge in [0, 0.05) is 0 Å². The number of hydrogen-bond donors (Lipinski definition) is 0. The average Bonchev–Trinajstić information content (AvgIpc) is 4.16. The van der Waals surface area contributed by atoms with E-state index in [9.17, 15) is 0 Å². The summed E-state index contributed by atoms with van der Waals surface area (Å²) in [6.45, 7) is 9.08. The average molecular weight is 1070 g/mol. The monoisotopic (exact) mass is 1070 g/mol. The molecular weight excluding hydrogens is 1010 g/mol. The Morgan fingerprint density at radius 3 is 1.31 bits per heavy atom. The number of unbranched alkanes of at least 4 members (excludes halogenated alkanes) is 2. The zero-order valence-corrected chi connectivity index (χ0v) is 47.3. The number of aryl methyl sites for hydroxylation is 4. The van der Waals surface area contributed by atoms with Gasteiger partial charge in [-0.2, -0.15) is 41.6 Å². The maximum atomic E-state index is 4.93. The predicted octanol–water partition coefficient (Wildman–Crippen LogP) is 18.9. The van der Waals surface area contributed by atoms with E-state index in [1.165, 1.54) is 148 Å². The Hall–Kier alpha value is -5.34. The third-order valence-corrected chi connectivity index (χ3v) is 15.0. The molecule has 0 nitrogen and oxygen atoms in total. The maximum Gasteiger partial charge on any atom is 0.0920 e. The first kappa shape index (κ1) is 53.0. The quantitative estimate of drug-likeness (QED) is 0.0752. The zero-order valence-electron chi connectivity index (χ0n) is 42.4. The Bertz CT molecular complexity index is 3050. The van der Waals surface area contributed by atoms with Gasteiger partial charge >= 0.3 is 37.9 Å². The summed E-state index contributed by atoms with van der Waals surface area (Å²) in [5.41, 5.74) is 19.4. The van der Waals surface area contributed by atoms with Crippen LogP contribution in [0.1, 0.15) is 88.5 Å². The van der Waals surface area contributed by atoms with Gasteiger partial charge in [0.2, 0.25) is 0 Å². The minimum Gasteiger partial charge on any atom is -0.184 e. The van der Waals surface area contributed by atoms with Gasteiger partial charge in [-0.1, -0.05) is 233 Å². The van der Waals surface area contributed by atoms with Crippen molar-refractivity contribution in [2.24, 2.45) is 0 Å². The molecule has 0 fully saturated rings. The van der Waals surface area contributed by atoms with Gasteiger partial charge in [-0.25, -0.2) is 0 Å². The maximum absolute atomic E-state index is 4.93. The van der Waals surface area contributed by atoms with E-state index in [2.05, 4.69) is 228 Å².